The smallest absolute Gasteiger partial charge is 0.326 e. The third-order valence-electron chi connectivity index (χ3n) is 4.63. The molecule has 0 aliphatic carbocycles. The minimum atomic E-state index is -1.12. The second kappa shape index (κ2) is 8.22. The van der Waals surface area contributed by atoms with Gasteiger partial charge < -0.3 is 10.4 Å². The molecule has 2 N–H and O–H groups in total. The Morgan fingerprint density at radius 1 is 1.07 bits per heavy atom. The fraction of sp³-hybridized carbons (Fsp3) is 0.286. The SMILES string of the molecule is CC(C)C[C@@H](NC(=O)c1ccc2c(c1)C(=O)N(Cc1ccncc1)C2=O)C(=O)O. The largest absolute Gasteiger partial charge is 0.480 e. The molecule has 0 saturated carbocycles. The van der Waals surface area contributed by atoms with Crippen LogP contribution in [0.1, 0.15) is 56.9 Å². The van der Waals surface area contributed by atoms with Gasteiger partial charge in [0.05, 0.1) is 17.7 Å². The fourth-order valence-corrected chi connectivity index (χ4v) is 3.18. The van der Waals surface area contributed by atoms with Crippen molar-refractivity contribution < 1.29 is 24.3 Å². The van der Waals surface area contributed by atoms with Crippen LogP contribution in [0, 0.1) is 5.92 Å². The van der Waals surface area contributed by atoms with E-state index in [1.165, 1.54) is 18.2 Å². The number of hydrogen-bond acceptors (Lipinski definition) is 5. The van der Waals surface area contributed by atoms with E-state index in [9.17, 15) is 24.3 Å². The van der Waals surface area contributed by atoms with Gasteiger partial charge in [0.1, 0.15) is 6.04 Å². The van der Waals surface area contributed by atoms with E-state index in [1.807, 2.05) is 13.8 Å². The Bertz CT molecular complexity index is 972. The summed E-state index contributed by atoms with van der Waals surface area (Å²) >= 11 is 0. The number of carbonyl (C=O) groups is 4. The third kappa shape index (κ3) is 4.31. The van der Waals surface area contributed by atoms with Gasteiger partial charge in [0, 0.05) is 18.0 Å². The zero-order chi connectivity index (χ0) is 21.1. The Kier molecular flexibility index (Phi) is 5.72. The van der Waals surface area contributed by atoms with E-state index in [-0.39, 0.29) is 35.6 Å². The Hall–Kier alpha value is -3.55. The monoisotopic (exact) mass is 395 g/mol. The molecule has 0 saturated heterocycles. The normalized spacial score (nSPS) is 14.1. The lowest BCUT2D eigenvalue weighted by atomic mass is 10.0. The molecular formula is C21H21N3O5. The minimum Gasteiger partial charge on any atom is -0.480 e. The molecule has 3 rings (SSSR count). The Morgan fingerprint density at radius 2 is 1.72 bits per heavy atom. The van der Waals surface area contributed by atoms with Gasteiger partial charge in [-0.1, -0.05) is 13.8 Å². The summed E-state index contributed by atoms with van der Waals surface area (Å²) in [7, 11) is 0. The first-order chi connectivity index (χ1) is 13.8. The summed E-state index contributed by atoms with van der Waals surface area (Å²) in [4.78, 5) is 54.2. The summed E-state index contributed by atoms with van der Waals surface area (Å²) in [5.74, 6) is -2.57. The average Bonchev–Trinajstić information content (AvgIpc) is 2.92. The second-order valence-electron chi connectivity index (χ2n) is 7.31. The number of nitrogens with one attached hydrogen (secondary N) is 1. The molecule has 0 fully saturated rings. The maximum Gasteiger partial charge on any atom is 0.326 e. The van der Waals surface area contributed by atoms with Gasteiger partial charge in [0.15, 0.2) is 0 Å². The summed E-state index contributed by atoms with van der Waals surface area (Å²) in [6, 6.07) is 6.58. The Labute approximate surface area is 167 Å². The van der Waals surface area contributed by atoms with Crippen LogP contribution in [0.25, 0.3) is 0 Å². The number of pyridine rings is 1. The second-order valence-corrected chi connectivity index (χ2v) is 7.31. The van der Waals surface area contributed by atoms with Crippen LogP contribution in [-0.2, 0) is 11.3 Å². The van der Waals surface area contributed by atoms with Crippen LogP contribution in [0.2, 0.25) is 0 Å². The van der Waals surface area contributed by atoms with E-state index < -0.39 is 29.7 Å². The molecule has 2 aromatic rings. The van der Waals surface area contributed by atoms with Gasteiger partial charge in [-0.3, -0.25) is 24.3 Å². The van der Waals surface area contributed by atoms with Gasteiger partial charge in [0.2, 0.25) is 0 Å². The van der Waals surface area contributed by atoms with Crippen LogP contribution in [0.4, 0.5) is 0 Å². The van der Waals surface area contributed by atoms with E-state index in [4.69, 9.17) is 0 Å². The van der Waals surface area contributed by atoms with Crippen molar-refractivity contribution in [3.63, 3.8) is 0 Å². The predicted octanol–water partition coefficient (Wildman–Crippen LogP) is 2.11. The number of carbonyl (C=O) groups excluding carboxylic acids is 3. The Morgan fingerprint density at radius 3 is 2.34 bits per heavy atom. The number of amides is 3. The maximum absolute atomic E-state index is 12.7. The van der Waals surface area contributed by atoms with Crippen LogP contribution in [0.15, 0.2) is 42.7 Å². The summed E-state index contributed by atoms with van der Waals surface area (Å²) in [6.45, 7) is 3.82. The van der Waals surface area contributed by atoms with E-state index in [0.29, 0.717) is 0 Å². The molecule has 8 heteroatoms. The zero-order valence-corrected chi connectivity index (χ0v) is 16.1. The number of aromatic nitrogens is 1. The van der Waals surface area contributed by atoms with Crippen molar-refractivity contribution in [2.24, 2.45) is 5.92 Å². The molecule has 1 aromatic carbocycles. The van der Waals surface area contributed by atoms with Crippen LogP contribution in [0.3, 0.4) is 0 Å². The molecule has 1 aliphatic rings. The quantitative estimate of drug-likeness (QED) is 0.694. The van der Waals surface area contributed by atoms with Crippen molar-refractivity contribution in [3.8, 4) is 0 Å². The van der Waals surface area contributed by atoms with E-state index in [2.05, 4.69) is 10.3 Å². The van der Waals surface area contributed by atoms with Gasteiger partial charge >= 0.3 is 5.97 Å². The molecule has 1 atom stereocenters. The van der Waals surface area contributed by atoms with E-state index >= 15 is 0 Å². The molecule has 150 valence electrons. The van der Waals surface area contributed by atoms with Crippen molar-refractivity contribution in [3.05, 3.63) is 65.0 Å². The summed E-state index contributed by atoms with van der Waals surface area (Å²) in [5, 5.41) is 11.8. The molecule has 0 bridgehead atoms. The van der Waals surface area contributed by atoms with Gasteiger partial charge in [-0.25, -0.2) is 4.79 Å². The highest BCUT2D eigenvalue weighted by atomic mass is 16.4. The van der Waals surface area contributed by atoms with Gasteiger partial charge in [-0.05, 0) is 48.2 Å². The van der Waals surface area contributed by atoms with Crippen molar-refractivity contribution >= 4 is 23.7 Å². The molecule has 0 unspecified atom stereocenters. The van der Waals surface area contributed by atoms with Crippen molar-refractivity contribution in [2.45, 2.75) is 32.9 Å². The average molecular weight is 395 g/mol. The first kappa shape index (κ1) is 20.2. The van der Waals surface area contributed by atoms with Gasteiger partial charge in [0.25, 0.3) is 17.7 Å². The highest BCUT2D eigenvalue weighted by Gasteiger charge is 2.36. The number of carboxylic acid groups (broad SMARTS) is 1. The predicted molar refractivity (Wildman–Crippen MR) is 103 cm³/mol. The van der Waals surface area contributed by atoms with Crippen molar-refractivity contribution in [2.75, 3.05) is 0 Å². The summed E-state index contributed by atoms with van der Waals surface area (Å²) in [6.07, 6.45) is 3.43. The van der Waals surface area contributed by atoms with Crippen LogP contribution in [-0.4, -0.2) is 44.7 Å². The number of imide groups is 1. The van der Waals surface area contributed by atoms with Crippen LogP contribution < -0.4 is 5.32 Å². The number of benzene rings is 1. The molecule has 29 heavy (non-hydrogen) atoms. The van der Waals surface area contributed by atoms with Crippen molar-refractivity contribution in [1.29, 1.82) is 0 Å². The molecule has 2 heterocycles. The summed E-state index contributed by atoms with van der Waals surface area (Å²) < 4.78 is 0. The van der Waals surface area contributed by atoms with Crippen LogP contribution in [0.5, 0.6) is 0 Å². The van der Waals surface area contributed by atoms with Gasteiger partial charge in [-0.2, -0.15) is 0 Å². The summed E-state index contributed by atoms with van der Waals surface area (Å²) in [5.41, 5.74) is 1.24. The van der Waals surface area contributed by atoms with Gasteiger partial charge in [-0.15, -0.1) is 0 Å². The lowest BCUT2D eigenvalue weighted by Gasteiger charge is -2.16. The molecule has 3 amide bonds. The number of carboxylic acids is 1. The number of fused-ring (bicyclic) bond motifs is 1. The standard InChI is InChI=1S/C21H21N3O5/c1-12(2)9-17(21(28)29)23-18(25)14-3-4-15-16(10-14)20(27)24(19(15)26)11-13-5-7-22-8-6-13/h3-8,10,12,17H,9,11H2,1-2H3,(H,23,25)(H,28,29)/t17-/m1/s1. The topological polar surface area (TPSA) is 117 Å². The van der Waals surface area contributed by atoms with E-state index in [0.717, 1.165) is 10.5 Å². The molecule has 0 spiro atoms. The zero-order valence-electron chi connectivity index (χ0n) is 16.1. The van der Waals surface area contributed by atoms with Crippen molar-refractivity contribution in [1.82, 2.24) is 15.2 Å². The first-order valence-corrected chi connectivity index (χ1v) is 9.20. The third-order valence-corrected chi connectivity index (χ3v) is 4.63. The molecular weight excluding hydrogens is 374 g/mol. The molecule has 1 aromatic heterocycles. The number of nitrogens with zero attached hydrogens (tertiary/aromatic N) is 2. The number of rotatable bonds is 7. The first-order valence-electron chi connectivity index (χ1n) is 9.20. The van der Waals surface area contributed by atoms with Crippen LogP contribution >= 0.6 is 0 Å². The highest BCUT2D eigenvalue weighted by molar-refractivity contribution is 6.22. The maximum atomic E-state index is 12.7. The number of aliphatic carboxylic acids is 1. The van der Waals surface area contributed by atoms with E-state index in [1.54, 1.807) is 24.5 Å². The molecule has 0 radical (unpaired) electrons. The lowest BCUT2D eigenvalue weighted by Crippen LogP contribution is -2.41. The lowest BCUT2D eigenvalue weighted by molar-refractivity contribution is -0.139. The molecule has 1 aliphatic heterocycles. The fourth-order valence-electron chi connectivity index (χ4n) is 3.18. The number of hydrogen-bond donors (Lipinski definition) is 2. The highest BCUT2D eigenvalue weighted by Crippen LogP contribution is 2.25. The minimum absolute atomic E-state index is 0.0809. The molecule has 8 nitrogen and oxygen atoms in total. The Balaban J connectivity index is 1.80.